The van der Waals surface area contributed by atoms with Crippen LogP contribution in [0.25, 0.3) is 16.6 Å². The molecule has 0 atom stereocenters. The van der Waals surface area contributed by atoms with Crippen LogP contribution in [0.1, 0.15) is 31.7 Å². The third-order valence-electron chi connectivity index (χ3n) is 6.31. The molecule has 4 rings (SSSR count). The van der Waals surface area contributed by atoms with E-state index in [1.807, 2.05) is 50.3 Å². The topological polar surface area (TPSA) is 90.0 Å². The number of ether oxygens (including phenoxy) is 1. The van der Waals surface area contributed by atoms with Crippen molar-refractivity contribution in [1.29, 1.82) is 5.26 Å². The summed E-state index contributed by atoms with van der Waals surface area (Å²) in [6, 6.07) is 8.14. The number of fused-ring (bicyclic) bond motifs is 1. The fourth-order valence-corrected chi connectivity index (χ4v) is 4.35. The molecule has 9 nitrogen and oxygen atoms in total. The van der Waals surface area contributed by atoms with Crippen molar-refractivity contribution < 1.29 is 9.53 Å². The van der Waals surface area contributed by atoms with Crippen molar-refractivity contribution >= 4 is 17.2 Å². The van der Waals surface area contributed by atoms with Crippen LogP contribution in [0.4, 0.5) is 5.82 Å². The maximum absolute atomic E-state index is 12.6. The van der Waals surface area contributed by atoms with Crippen molar-refractivity contribution in [2.75, 3.05) is 58.3 Å². The van der Waals surface area contributed by atoms with Crippen LogP contribution in [0.15, 0.2) is 36.8 Å². The van der Waals surface area contributed by atoms with Crippen molar-refractivity contribution in [1.82, 2.24) is 24.4 Å². The van der Waals surface area contributed by atoms with Crippen LogP contribution < -0.4 is 9.64 Å². The van der Waals surface area contributed by atoms with E-state index in [4.69, 9.17) is 9.72 Å². The Labute approximate surface area is 218 Å². The Hall–Kier alpha value is -4.08. The summed E-state index contributed by atoms with van der Waals surface area (Å²) in [5.41, 5.74) is 2.96. The van der Waals surface area contributed by atoms with Crippen molar-refractivity contribution in [3.8, 4) is 34.8 Å². The molecule has 0 N–H and O–H groups in total. The minimum atomic E-state index is 0.164. The summed E-state index contributed by atoms with van der Waals surface area (Å²) in [5, 5.41) is 13.9. The number of hydrogen-bond donors (Lipinski definition) is 0. The van der Waals surface area contributed by atoms with Crippen LogP contribution in [0.3, 0.4) is 0 Å². The Morgan fingerprint density at radius 1 is 1.14 bits per heavy atom. The molecule has 0 bridgehead atoms. The number of amides is 1. The average Bonchev–Trinajstić information content (AvgIpc) is 3.33. The fourth-order valence-electron chi connectivity index (χ4n) is 4.35. The SMILES string of the molecule is CCOc1cc(-c2ccc(N3CCN(C(=O)CCC#CCCN(C)C)CC3)nc2)c2c(C#N)cnn2c1. The predicted octanol–water partition coefficient (Wildman–Crippen LogP) is 3.05. The van der Waals surface area contributed by atoms with Crippen LogP contribution in [-0.4, -0.2) is 83.7 Å². The highest BCUT2D eigenvalue weighted by atomic mass is 16.5. The molecule has 0 radical (unpaired) electrons. The zero-order valence-corrected chi connectivity index (χ0v) is 21.8. The van der Waals surface area contributed by atoms with Gasteiger partial charge in [0, 0.05) is 69.3 Å². The Bertz CT molecular complexity index is 1320. The van der Waals surface area contributed by atoms with Gasteiger partial charge in [0.15, 0.2) is 0 Å². The summed E-state index contributed by atoms with van der Waals surface area (Å²) >= 11 is 0. The Morgan fingerprint density at radius 2 is 1.92 bits per heavy atom. The van der Waals surface area contributed by atoms with Crippen LogP contribution in [0.5, 0.6) is 5.75 Å². The van der Waals surface area contributed by atoms with Gasteiger partial charge >= 0.3 is 0 Å². The van der Waals surface area contributed by atoms with Crippen LogP contribution in [0, 0.1) is 23.2 Å². The van der Waals surface area contributed by atoms with Crippen molar-refractivity contribution in [2.24, 2.45) is 0 Å². The molecular formula is C28H33N7O2. The minimum Gasteiger partial charge on any atom is -0.492 e. The lowest BCUT2D eigenvalue weighted by atomic mass is 10.1. The van der Waals surface area contributed by atoms with E-state index in [9.17, 15) is 10.1 Å². The molecule has 0 spiro atoms. The number of carbonyl (C=O) groups excluding carboxylic acids is 1. The number of hydrogen-bond acceptors (Lipinski definition) is 7. The highest BCUT2D eigenvalue weighted by Crippen LogP contribution is 2.31. The summed E-state index contributed by atoms with van der Waals surface area (Å²) in [6.07, 6.45) is 7.07. The summed E-state index contributed by atoms with van der Waals surface area (Å²) in [6.45, 7) is 6.22. The number of nitrogens with zero attached hydrogens (tertiary/aromatic N) is 7. The third kappa shape index (κ3) is 6.38. The maximum atomic E-state index is 12.6. The number of rotatable bonds is 8. The standard InChI is InChI=1S/C28H33N7O2/c1-4-37-24-17-25(28-23(18-29)20-31-35(28)21-24)22-10-11-26(30-19-22)33-13-15-34(16-14-33)27(36)9-7-5-6-8-12-32(2)3/h10-11,17,19-21H,4,7-9,12-16H2,1-3H3. The van der Waals surface area contributed by atoms with Gasteiger partial charge in [-0.25, -0.2) is 9.50 Å². The first-order valence-corrected chi connectivity index (χ1v) is 12.6. The van der Waals surface area contributed by atoms with Gasteiger partial charge in [-0.05, 0) is 39.2 Å². The molecule has 37 heavy (non-hydrogen) atoms. The van der Waals surface area contributed by atoms with Crippen molar-refractivity contribution in [2.45, 2.75) is 26.2 Å². The molecule has 1 saturated heterocycles. The third-order valence-corrected chi connectivity index (χ3v) is 6.31. The van der Waals surface area contributed by atoms with E-state index in [1.165, 1.54) is 0 Å². The Balaban J connectivity index is 1.38. The molecule has 1 amide bonds. The van der Waals surface area contributed by atoms with Gasteiger partial charge in [-0.15, -0.1) is 11.8 Å². The molecule has 1 aliphatic heterocycles. The average molecular weight is 500 g/mol. The van der Waals surface area contributed by atoms with Gasteiger partial charge in [0.1, 0.15) is 17.6 Å². The number of aromatic nitrogens is 3. The van der Waals surface area contributed by atoms with Gasteiger partial charge in [0.25, 0.3) is 0 Å². The smallest absolute Gasteiger partial charge is 0.223 e. The number of pyridine rings is 2. The van der Waals surface area contributed by atoms with E-state index in [0.717, 1.165) is 48.5 Å². The number of nitriles is 1. The molecule has 0 aliphatic carbocycles. The molecular weight excluding hydrogens is 466 g/mol. The van der Waals surface area contributed by atoms with Gasteiger partial charge in [-0.1, -0.05) is 0 Å². The van der Waals surface area contributed by atoms with E-state index in [1.54, 1.807) is 16.9 Å². The number of anilines is 1. The van der Waals surface area contributed by atoms with Gasteiger partial charge < -0.3 is 19.4 Å². The molecule has 1 aliphatic rings. The van der Waals surface area contributed by atoms with Gasteiger partial charge in [0.2, 0.25) is 5.91 Å². The number of carbonyl (C=O) groups is 1. The highest BCUT2D eigenvalue weighted by molar-refractivity contribution is 5.85. The lowest BCUT2D eigenvalue weighted by Gasteiger charge is -2.35. The Kier molecular flexibility index (Phi) is 8.60. The normalized spacial score (nSPS) is 13.4. The Morgan fingerprint density at radius 3 is 2.59 bits per heavy atom. The maximum Gasteiger partial charge on any atom is 0.223 e. The first kappa shape index (κ1) is 26.0. The molecule has 3 aromatic heterocycles. The van der Waals surface area contributed by atoms with Gasteiger partial charge in [-0.2, -0.15) is 10.4 Å². The first-order chi connectivity index (χ1) is 18.0. The van der Waals surface area contributed by atoms with Crippen molar-refractivity contribution in [3.05, 3.63) is 42.4 Å². The summed E-state index contributed by atoms with van der Waals surface area (Å²) in [7, 11) is 4.06. The molecule has 4 heterocycles. The summed E-state index contributed by atoms with van der Waals surface area (Å²) in [5.74, 6) is 7.97. The van der Waals surface area contributed by atoms with Crippen LogP contribution >= 0.6 is 0 Å². The molecule has 0 saturated carbocycles. The lowest BCUT2D eigenvalue weighted by Crippen LogP contribution is -2.49. The number of piperazine rings is 1. The van der Waals surface area contributed by atoms with Crippen LogP contribution in [-0.2, 0) is 4.79 Å². The first-order valence-electron chi connectivity index (χ1n) is 12.6. The van der Waals surface area contributed by atoms with E-state index in [-0.39, 0.29) is 5.91 Å². The zero-order chi connectivity index (χ0) is 26.2. The van der Waals surface area contributed by atoms with E-state index < -0.39 is 0 Å². The monoisotopic (exact) mass is 499 g/mol. The molecule has 1 fully saturated rings. The van der Waals surface area contributed by atoms with Gasteiger partial charge in [0.05, 0.1) is 30.1 Å². The van der Waals surface area contributed by atoms with Crippen molar-refractivity contribution in [3.63, 3.8) is 0 Å². The molecule has 0 aromatic carbocycles. The quantitative estimate of drug-likeness (QED) is 0.440. The van der Waals surface area contributed by atoms with Crippen LogP contribution in [0.2, 0.25) is 0 Å². The fraction of sp³-hybridized carbons (Fsp3) is 0.429. The van der Waals surface area contributed by atoms with E-state index >= 15 is 0 Å². The van der Waals surface area contributed by atoms with Gasteiger partial charge in [-0.3, -0.25) is 4.79 Å². The summed E-state index contributed by atoms with van der Waals surface area (Å²) < 4.78 is 7.38. The molecule has 0 unspecified atom stereocenters. The minimum absolute atomic E-state index is 0.164. The zero-order valence-electron chi connectivity index (χ0n) is 21.8. The molecule has 9 heteroatoms. The molecule has 3 aromatic rings. The highest BCUT2D eigenvalue weighted by Gasteiger charge is 2.22. The second-order valence-electron chi connectivity index (χ2n) is 9.17. The summed E-state index contributed by atoms with van der Waals surface area (Å²) in [4.78, 5) is 23.5. The predicted molar refractivity (Wildman–Crippen MR) is 143 cm³/mol. The molecule has 192 valence electrons. The second-order valence-corrected chi connectivity index (χ2v) is 9.17. The lowest BCUT2D eigenvalue weighted by molar-refractivity contribution is -0.131. The van der Waals surface area contributed by atoms with E-state index in [2.05, 4.69) is 32.8 Å². The largest absolute Gasteiger partial charge is 0.492 e. The second kappa shape index (κ2) is 12.2. The van der Waals surface area contributed by atoms with E-state index in [0.29, 0.717) is 43.9 Å².